The lowest BCUT2D eigenvalue weighted by Crippen LogP contribution is -2.56. The van der Waals surface area contributed by atoms with E-state index in [0.717, 1.165) is 0 Å². The summed E-state index contributed by atoms with van der Waals surface area (Å²) in [6.07, 6.45) is 0.874. The zero-order valence-corrected chi connectivity index (χ0v) is 8.82. The average molecular weight is 203 g/mol. The quantitative estimate of drug-likeness (QED) is 0.606. The highest BCUT2D eigenvalue weighted by Crippen LogP contribution is 2.19. The van der Waals surface area contributed by atoms with E-state index < -0.39 is 11.5 Å². The van der Waals surface area contributed by atoms with E-state index in [-0.39, 0.29) is 6.61 Å². The van der Waals surface area contributed by atoms with Crippen LogP contribution in [0.25, 0.3) is 0 Å². The number of nitrogens with zero attached hydrogens (tertiary/aromatic N) is 1. The van der Waals surface area contributed by atoms with Gasteiger partial charge in [0.25, 0.3) is 0 Å². The topological polar surface area (TPSA) is 66.8 Å². The highest BCUT2D eigenvalue weighted by atomic mass is 16.5. The van der Waals surface area contributed by atoms with Crippen LogP contribution < -0.4 is 0 Å². The van der Waals surface area contributed by atoms with Crippen molar-refractivity contribution in [2.45, 2.75) is 25.8 Å². The summed E-state index contributed by atoms with van der Waals surface area (Å²) in [4.78, 5) is 23.1. The molecule has 0 heterocycles. The minimum Gasteiger partial charge on any atom is -0.479 e. The summed E-state index contributed by atoms with van der Waals surface area (Å²) in [6, 6.07) is 0. The third-order valence-electron chi connectivity index (χ3n) is 2.38. The molecule has 1 unspecified atom stereocenters. The highest BCUT2D eigenvalue weighted by molar-refractivity contribution is 5.81. The van der Waals surface area contributed by atoms with Crippen LogP contribution >= 0.6 is 0 Å². The van der Waals surface area contributed by atoms with Crippen LogP contribution in [0.5, 0.6) is 0 Å². The number of ether oxygens (including phenoxy) is 1. The zero-order chi connectivity index (χ0) is 11.2. The van der Waals surface area contributed by atoms with Crippen molar-refractivity contribution in [3.63, 3.8) is 0 Å². The summed E-state index contributed by atoms with van der Waals surface area (Å²) in [7, 11) is 1.42. The molecular formula is C9H17NO4. The van der Waals surface area contributed by atoms with Gasteiger partial charge in [-0.15, -0.1) is 0 Å². The Labute approximate surface area is 83.6 Å². The second-order valence-corrected chi connectivity index (χ2v) is 3.01. The Kier molecular flexibility index (Phi) is 5.15. The van der Waals surface area contributed by atoms with E-state index in [0.29, 0.717) is 19.4 Å². The number of hydrogen-bond acceptors (Lipinski definition) is 3. The monoisotopic (exact) mass is 203 g/mol. The summed E-state index contributed by atoms with van der Waals surface area (Å²) in [5, 5.41) is 9.11. The van der Waals surface area contributed by atoms with Crippen LogP contribution in [0.15, 0.2) is 0 Å². The van der Waals surface area contributed by atoms with E-state index in [1.807, 2.05) is 0 Å². The molecule has 1 N–H and O–H groups in total. The van der Waals surface area contributed by atoms with Crippen molar-refractivity contribution in [2.75, 3.05) is 20.3 Å². The van der Waals surface area contributed by atoms with Gasteiger partial charge >= 0.3 is 5.97 Å². The van der Waals surface area contributed by atoms with Gasteiger partial charge in [-0.2, -0.15) is 0 Å². The van der Waals surface area contributed by atoms with Crippen LogP contribution in [-0.2, 0) is 14.3 Å². The molecule has 0 saturated carbocycles. The van der Waals surface area contributed by atoms with Crippen molar-refractivity contribution in [3.05, 3.63) is 0 Å². The number of carbonyl (C=O) groups is 2. The number of amides is 1. The predicted molar refractivity (Wildman–Crippen MR) is 51.0 cm³/mol. The first kappa shape index (κ1) is 12.9. The molecule has 5 heteroatoms. The summed E-state index contributed by atoms with van der Waals surface area (Å²) in [5.41, 5.74) is -1.23. The van der Waals surface area contributed by atoms with Gasteiger partial charge in [-0.25, -0.2) is 4.79 Å². The number of hydrogen-bond donors (Lipinski definition) is 1. The molecular weight excluding hydrogens is 186 g/mol. The Bertz CT molecular complexity index is 207. The van der Waals surface area contributed by atoms with E-state index in [2.05, 4.69) is 0 Å². The molecule has 1 atom stereocenters. The molecule has 0 rings (SSSR count). The summed E-state index contributed by atoms with van der Waals surface area (Å²) < 4.78 is 4.86. The Morgan fingerprint density at radius 3 is 2.36 bits per heavy atom. The molecule has 0 radical (unpaired) electrons. The Morgan fingerprint density at radius 1 is 1.57 bits per heavy atom. The van der Waals surface area contributed by atoms with Gasteiger partial charge in [0, 0.05) is 13.7 Å². The van der Waals surface area contributed by atoms with E-state index in [4.69, 9.17) is 9.84 Å². The molecule has 82 valence electrons. The number of carboxylic acids is 1. The third-order valence-corrected chi connectivity index (χ3v) is 2.38. The normalized spacial score (nSPS) is 14.5. The molecule has 0 aromatic carbocycles. The number of aliphatic carboxylic acids is 1. The second kappa shape index (κ2) is 5.59. The molecule has 0 saturated heterocycles. The SMILES string of the molecule is CCN(C=O)C(CC)(COC)C(=O)O. The average Bonchev–Trinajstić information content (AvgIpc) is 2.17. The van der Waals surface area contributed by atoms with Gasteiger partial charge in [-0.3, -0.25) is 4.79 Å². The number of rotatable bonds is 7. The van der Waals surface area contributed by atoms with Crippen molar-refractivity contribution >= 4 is 12.4 Å². The first-order valence-electron chi connectivity index (χ1n) is 4.53. The van der Waals surface area contributed by atoms with Crippen molar-refractivity contribution in [3.8, 4) is 0 Å². The Morgan fingerprint density at radius 2 is 2.14 bits per heavy atom. The third kappa shape index (κ3) is 2.23. The number of likely N-dealkylation sites (N-methyl/N-ethyl adjacent to an activating group) is 1. The lowest BCUT2D eigenvalue weighted by molar-refractivity contribution is -0.159. The largest absolute Gasteiger partial charge is 0.479 e. The molecule has 5 nitrogen and oxygen atoms in total. The van der Waals surface area contributed by atoms with E-state index >= 15 is 0 Å². The Balaban J connectivity index is 4.98. The predicted octanol–water partition coefficient (Wildman–Crippen LogP) is 0.344. The molecule has 0 aromatic rings. The van der Waals surface area contributed by atoms with Gasteiger partial charge in [0.15, 0.2) is 5.54 Å². The number of methoxy groups -OCH3 is 1. The smallest absolute Gasteiger partial charge is 0.332 e. The van der Waals surface area contributed by atoms with E-state index in [1.165, 1.54) is 12.0 Å². The maximum absolute atomic E-state index is 11.1. The zero-order valence-electron chi connectivity index (χ0n) is 8.82. The molecule has 0 spiro atoms. The molecule has 0 aliphatic carbocycles. The Hall–Kier alpha value is -1.10. The molecule has 0 fully saturated rings. The van der Waals surface area contributed by atoms with Crippen LogP contribution in [-0.4, -0.2) is 48.2 Å². The first-order valence-corrected chi connectivity index (χ1v) is 4.53. The van der Waals surface area contributed by atoms with Gasteiger partial charge < -0.3 is 14.7 Å². The lowest BCUT2D eigenvalue weighted by atomic mass is 9.95. The fraction of sp³-hybridized carbons (Fsp3) is 0.778. The fourth-order valence-electron chi connectivity index (χ4n) is 1.44. The maximum atomic E-state index is 11.1. The standard InChI is InChI=1S/C9H17NO4/c1-4-9(6-14-3,8(12)13)10(5-2)7-11/h7H,4-6H2,1-3H3,(H,12,13). The van der Waals surface area contributed by atoms with Crippen molar-refractivity contribution in [2.24, 2.45) is 0 Å². The van der Waals surface area contributed by atoms with Gasteiger partial charge in [0.05, 0.1) is 6.61 Å². The van der Waals surface area contributed by atoms with Crippen LogP contribution in [0.1, 0.15) is 20.3 Å². The highest BCUT2D eigenvalue weighted by Gasteiger charge is 2.41. The second-order valence-electron chi connectivity index (χ2n) is 3.01. The number of carbonyl (C=O) groups excluding carboxylic acids is 1. The van der Waals surface area contributed by atoms with Gasteiger partial charge in [-0.1, -0.05) is 6.92 Å². The van der Waals surface area contributed by atoms with Gasteiger partial charge in [-0.05, 0) is 13.3 Å². The minimum absolute atomic E-state index is 0.00537. The molecule has 0 aromatic heterocycles. The van der Waals surface area contributed by atoms with Crippen LogP contribution in [0, 0.1) is 0 Å². The maximum Gasteiger partial charge on any atom is 0.332 e. The minimum atomic E-state index is -1.23. The molecule has 14 heavy (non-hydrogen) atoms. The van der Waals surface area contributed by atoms with Gasteiger partial charge in [0.2, 0.25) is 6.41 Å². The summed E-state index contributed by atoms with van der Waals surface area (Å²) >= 11 is 0. The summed E-state index contributed by atoms with van der Waals surface area (Å²) in [6.45, 7) is 3.81. The van der Waals surface area contributed by atoms with Crippen molar-refractivity contribution in [1.82, 2.24) is 4.90 Å². The van der Waals surface area contributed by atoms with Crippen LogP contribution in [0.4, 0.5) is 0 Å². The lowest BCUT2D eigenvalue weighted by Gasteiger charge is -2.36. The molecule has 0 bridgehead atoms. The van der Waals surface area contributed by atoms with Crippen LogP contribution in [0.3, 0.4) is 0 Å². The molecule has 0 aliphatic heterocycles. The van der Waals surface area contributed by atoms with Crippen LogP contribution in [0.2, 0.25) is 0 Å². The van der Waals surface area contributed by atoms with Crippen molar-refractivity contribution in [1.29, 1.82) is 0 Å². The van der Waals surface area contributed by atoms with Gasteiger partial charge in [0.1, 0.15) is 0 Å². The van der Waals surface area contributed by atoms with E-state index in [1.54, 1.807) is 13.8 Å². The van der Waals surface area contributed by atoms with E-state index in [9.17, 15) is 9.59 Å². The fourth-order valence-corrected chi connectivity index (χ4v) is 1.44. The molecule has 1 amide bonds. The first-order chi connectivity index (χ1) is 6.58. The molecule has 0 aliphatic rings. The van der Waals surface area contributed by atoms with Crippen molar-refractivity contribution < 1.29 is 19.4 Å². The number of carboxylic acid groups (broad SMARTS) is 1. The summed E-state index contributed by atoms with van der Waals surface area (Å²) in [5.74, 6) is -1.03.